The van der Waals surface area contributed by atoms with Crippen LogP contribution in [0, 0.1) is 13.8 Å². The SMILES string of the molecule is Cc1ccc(NC(=O)CN2C(=O)COc3ccc(N)nc32)c(C)c1. The minimum atomic E-state index is -0.337. The number of carbonyl (C=O) groups excluding carboxylic acids is 2. The molecule has 7 heteroatoms. The third kappa shape index (κ3) is 3.15. The number of benzene rings is 1. The molecule has 2 heterocycles. The number of carbonyl (C=O) groups is 2. The zero-order chi connectivity index (χ0) is 17.3. The van der Waals surface area contributed by atoms with Crippen molar-refractivity contribution >= 4 is 29.1 Å². The van der Waals surface area contributed by atoms with Gasteiger partial charge in [-0.1, -0.05) is 17.7 Å². The number of hydrogen-bond acceptors (Lipinski definition) is 5. The van der Waals surface area contributed by atoms with E-state index in [0.29, 0.717) is 11.4 Å². The van der Waals surface area contributed by atoms with Crippen LogP contribution in [0.25, 0.3) is 0 Å². The normalized spacial score (nSPS) is 13.2. The van der Waals surface area contributed by atoms with Crippen LogP contribution in [-0.4, -0.2) is 29.9 Å². The fourth-order valence-corrected chi connectivity index (χ4v) is 2.54. The minimum absolute atomic E-state index is 0.130. The number of hydrogen-bond donors (Lipinski definition) is 2. The summed E-state index contributed by atoms with van der Waals surface area (Å²) in [4.78, 5) is 29.9. The number of pyridine rings is 1. The average Bonchev–Trinajstić information content (AvgIpc) is 2.53. The van der Waals surface area contributed by atoms with Gasteiger partial charge in [0.25, 0.3) is 5.91 Å². The molecule has 1 aromatic carbocycles. The lowest BCUT2D eigenvalue weighted by Gasteiger charge is -2.27. The van der Waals surface area contributed by atoms with E-state index in [1.165, 1.54) is 4.90 Å². The summed E-state index contributed by atoms with van der Waals surface area (Å²) in [5.41, 5.74) is 8.46. The number of amides is 2. The van der Waals surface area contributed by atoms with Gasteiger partial charge in [0.05, 0.1) is 0 Å². The molecule has 124 valence electrons. The Morgan fingerprint density at radius 2 is 2.12 bits per heavy atom. The summed E-state index contributed by atoms with van der Waals surface area (Å²) in [6.07, 6.45) is 0. The lowest BCUT2D eigenvalue weighted by molar-refractivity contribution is -0.123. The van der Waals surface area contributed by atoms with Gasteiger partial charge in [0.15, 0.2) is 18.2 Å². The predicted octanol–water partition coefficient (Wildman–Crippen LogP) is 1.64. The molecule has 1 aliphatic rings. The highest BCUT2D eigenvalue weighted by Crippen LogP contribution is 2.30. The van der Waals surface area contributed by atoms with Crippen molar-refractivity contribution in [2.75, 3.05) is 29.1 Å². The number of nitrogens with two attached hydrogens (primary N) is 1. The van der Waals surface area contributed by atoms with E-state index in [2.05, 4.69) is 10.3 Å². The molecular weight excluding hydrogens is 308 g/mol. The smallest absolute Gasteiger partial charge is 0.266 e. The summed E-state index contributed by atoms with van der Waals surface area (Å²) < 4.78 is 5.31. The van der Waals surface area contributed by atoms with Crippen molar-refractivity contribution in [2.45, 2.75) is 13.8 Å². The molecule has 1 aliphatic heterocycles. The Kier molecular flexibility index (Phi) is 4.07. The predicted molar refractivity (Wildman–Crippen MR) is 91.0 cm³/mol. The fourth-order valence-electron chi connectivity index (χ4n) is 2.54. The van der Waals surface area contributed by atoms with Crippen LogP contribution in [0.2, 0.25) is 0 Å². The van der Waals surface area contributed by atoms with E-state index in [0.717, 1.165) is 11.1 Å². The standard InChI is InChI=1S/C17H18N4O3/c1-10-3-4-12(11(2)7-10)19-15(22)8-21-16(23)9-24-13-5-6-14(18)20-17(13)21/h3-7H,8-9H2,1-2H3,(H2,18,20)(H,19,22). The number of aromatic nitrogens is 1. The van der Waals surface area contributed by atoms with Crippen molar-refractivity contribution in [3.05, 3.63) is 41.5 Å². The van der Waals surface area contributed by atoms with Crippen LogP contribution in [0.4, 0.5) is 17.3 Å². The summed E-state index contributed by atoms with van der Waals surface area (Å²) >= 11 is 0. The highest BCUT2D eigenvalue weighted by atomic mass is 16.5. The molecule has 2 aromatic rings. The quantitative estimate of drug-likeness (QED) is 0.893. The third-order valence-corrected chi connectivity index (χ3v) is 3.73. The second kappa shape index (κ2) is 6.19. The van der Waals surface area contributed by atoms with Crippen LogP contribution in [-0.2, 0) is 9.59 Å². The Bertz CT molecular complexity index is 819. The van der Waals surface area contributed by atoms with E-state index in [9.17, 15) is 9.59 Å². The van der Waals surface area contributed by atoms with Gasteiger partial charge < -0.3 is 15.8 Å². The molecule has 0 bridgehead atoms. The van der Waals surface area contributed by atoms with Crippen LogP contribution >= 0.6 is 0 Å². The van der Waals surface area contributed by atoms with E-state index in [1.54, 1.807) is 12.1 Å². The molecular formula is C17H18N4O3. The third-order valence-electron chi connectivity index (χ3n) is 3.73. The molecule has 0 spiro atoms. The van der Waals surface area contributed by atoms with Gasteiger partial charge in [-0.25, -0.2) is 4.98 Å². The molecule has 7 nitrogen and oxygen atoms in total. The maximum absolute atomic E-state index is 12.4. The van der Waals surface area contributed by atoms with E-state index in [-0.39, 0.29) is 36.6 Å². The lowest BCUT2D eigenvalue weighted by atomic mass is 10.1. The number of fused-ring (bicyclic) bond motifs is 1. The summed E-state index contributed by atoms with van der Waals surface area (Å²) in [6.45, 7) is 3.62. The van der Waals surface area contributed by atoms with Crippen molar-refractivity contribution in [1.29, 1.82) is 0 Å². The highest BCUT2D eigenvalue weighted by molar-refractivity contribution is 6.04. The Balaban J connectivity index is 1.79. The largest absolute Gasteiger partial charge is 0.480 e. The van der Waals surface area contributed by atoms with Crippen molar-refractivity contribution in [3.8, 4) is 5.75 Å². The summed E-state index contributed by atoms with van der Waals surface area (Å²) in [6, 6.07) is 8.96. The van der Waals surface area contributed by atoms with Crippen LogP contribution < -0.4 is 20.7 Å². The first kappa shape index (κ1) is 15.8. The number of rotatable bonds is 3. The molecule has 0 saturated heterocycles. The first-order chi connectivity index (χ1) is 11.4. The van der Waals surface area contributed by atoms with Gasteiger partial charge in [0.2, 0.25) is 5.91 Å². The molecule has 3 rings (SSSR count). The first-order valence-corrected chi connectivity index (χ1v) is 7.51. The molecule has 0 saturated carbocycles. The number of aryl methyl sites for hydroxylation is 2. The zero-order valence-corrected chi connectivity index (χ0v) is 13.5. The van der Waals surface area contributed by atoms with E-state index in [4.69, 9.17) is 10.5 Å². The summed E-state index contributed by atoms with van der Waals surface area (Å²) in [5.74, 6) is 0.306. The van der Waals surface area contributed by atoms with E-state index >= 15 is 0 Å². The Labute approximate surface area is 139 Å². The molecule has 0 atom stereocenters. The van der Waals surface area contributed by atoms with Crippen molar-refractivity contribution in [2.24, 2.45) is 0 Å². The number of nitrogen functional groups attached to an aromatic ring is 1. The Morgan fingerprint density at radius 1 is 1.33 bits per heavy atom. The van der Waals surface area contributed by atoms with Gasteiger partial charge in [-0.3, -0.25) is 14.5 Å². The zero-order valence-electron chi connectivity index (χ0n) is 13.5. The molecule has 1 aromatic heterocycles. The van der Waals surface area contributed by atoms with Gasteiger partial charge in [0, 0.05) is 5.69 Å². The molecule has 0 radical (unpaired) electrons. The molecule has 0 aliphatic carbocycles. The molecule has 0 fully saturated rings. The number of ether oxygens (including phenoxy) is 1. The second-order valence-electron chi connectivity index (χ2n) is 5.69. The van der Waals surface area contributed by atoms with E-state index < -0.39 is 0 Å². The summed E-state index contributed by atoms with van der Waals surface area (Å²) in [7, 11) is 0. The van der Waals surface area contributed by atoms with Crippen LogP contribution in [0.1, 0.15) is 11.1 Å². The van der Waals surface area contributed by atoms with Crippen molar-refractivity contribution in [1.82, 2.24) is 4.98 Å². The van der Waals surface area contributed by atoms with Crippen molar-refractivity contribution < 1.29 is 14.3 Å². The van der Waals surface area contributed by atoms with Gasteiger partial charge in [0.1, 0.15) is 12.4 Å². The highest BCUT2D eigenvalue weighted by Gasteiger charge is 2.29. The van der Waals surface area contributed by atoms with Gasteiger partial charge in [-0.05, 0) is 37.6 Å². The molecule has 24 heavy (non-hydrogen) atoms. The maximum atomic E-state index is 12.4. The lowest BCUT2D eigenvalue weighted by Crippen LogP contribution is -2.44. The van der Waals surface area contributed by atoms with Gasteiger partial charge in [-0.2, -0.15) is 0 Å². The molecule has 0 unspecified atom stereocenters. The van der Waals surface area contributed by atoms with Gasteiger partial charge in [-0.15, -0.1) is 0 Å². The Morgan fingerprint density at radius 3 is 2.88 bits per heavy atom. The topological polar surface area (TPSA) is 97.5 Å². The monoisotopic (exact) mass is 326 g/mol. The van der Waals surface area contributed by atoms with Crippen LogP contribution in [0.15, 0.2) is 30.3 Å². The van der Waals surface area contributed by atoms with E-state index in [1.807, 2.05) is 32.0 Å². The van der Waals surface area contributed by atoms with Crippen LogP contribution in [0.5, 0.6) is 5.75 Å². The number of anilines is 3. The average molecular weight is 326 g/mol. The number of nitrogens with one attached hydrogen (secondary N) is 1. The maximum Gasteiger partial charge on any atom is 0.266 e. The minimum Gasteiger partial charge on any atom is -0.480 e. The number of nitrogens with zero attached hydrogens (tertiary/aromatic N) is 2. The van der Waals surface area contributed by atoms with Crippen LogP contribution in [0.3, 0.4) is 0 Å². The first-order valence-electron chi connectivity index (χ1n) is 7.51. The Hall–Kier alpha value is -3.09. The summed E-state index contributed by atoms with van der Waals surface area (Å²) in [5, 5.41) is 2.82. The molecule has 3 N–H and O–H groups in total. The fraction of sp³-hybridized carbons (Fsp3) is 0.235. The second-order valence-corrected chi connectivity index (χ2v) is 5.69. The van der Waals surface area contributed by atoms with Gasteiger partial charge >= 0.3 is 0 Å². The molecule has 2 amide bonds. The van der Waals surface area contributed by atoms with Crippen molar-refractivity contribution in [3.63, 3.8) is 0 Å².